The first-order chi connectivity index (χ1) is 13.0. The average Bonchev–Trinajstić information content (AvgIpc) is 3.10. The lowest BCUT2D eigenvalue weighted by molar-refractivity contribution is -0.141. The molecular weight excluding hydrogens is 416 g/mol. The Labute approximate surface area is 160 Å². The molecule has 0 aliphatic carbocycles. The number of hydrogen-bond donors (Lipinski definition) is 1. The molecule has 0 saturated carbocycles. The van der Waals surface area contributed by atoms with Crippen LogP contribution in [0.5, 0.6) is 0 Å². The van der Waals surface area contributed by atoms with Crippen molar-refractivity contribution in [3.63, 3.8) is 0 Å². The molecule has 2 aromatic carbocycles. The van der Waals surface area contributed by atoms with Gasteiger partial charge in [-0.3, -0.25) is 4.79 Å². The number of hydrogen-bond acceptors (Lipinski definition) is 5. The normalized spacial score (nSPS) is 20.9. The van der Waals surface area contributed by atoms with Gasteiger partial charge in [0.1, 0.15) is 11.6 Å². The number of carboxylic acids is 1. The van der Waals surface area contributed by atoms with Gasteiger partial charge in [0.15, 0.2) is 9.84 Å². The molecule has 2 atom stereocenters. The van der Waals surface area contributed by atoms with Crippen LogP contribution in [-0.2, 0) is 24.7 Å². The molecule has 28 heavy (non-hydrogen) atoms. The Balaban J connectivity index is 1.98. The standard InChI is InChI=1S/C17H15F2NO6S2/c18-11-1-5-13(6-2-11)27(23,24)16-10-20(9-15(16)17(21)22)28(25,26)14-7-3-12(19)4-8-14/h1-8,15-16H,9-10H2,(H,21,22)/t15-,16-/m1/s1. The number of aliphatic carboxylic acids is 1. The summed E-state index contributed by atoms with van der Waals surface area (Å²) in [5, 5.41) is 7.88. The monoisotopic (exact) mass is 431 g/mol. The van der Waals surface area contributed by atoms with E-state index in [1.807, 2.05) is 0 Å². The van der Waals surface area contributed by atoms with E-state index in [1.165, 1.54) is 0 Å². The van der Waals surface area contributed by atoms with Crippen molar-refractivity contribution in [2.24, 2.45) is 5.92 Å². The molecule has 1 heterocycles. The highest BCUT2D eigenvalue weighted by molar-refractivity contribution is 7.92. The van der Waals surface area contributed by atoms with Crippen molar-refractivity contribution in [2.75, 3.05) is 13.1 Å². The van der Waals surface area contributed by atoms with Crippen LogP contribution in [0.1, 0.15) is 0 Å². The van der Waals surface area contributed by atoms with Gasteiger partial charge in [0.25, 0.3) is 0 Å². The Hall–Kier alpha value is -2.37. The lowest BCUT2D eigenvalue weighted by atomic mass is 10.1. The number of carbonyl (C=O) groups is 1. The van der Waals surface area contributed by atoms with E-state index in [0.717, 1.165) is 52.8 Å². The highest BCUT2D eigenvalue weighted by Crippen LogP contribution is 2.32. The van der Waals surface area contributed by atoms with Gasteiger partial charge in [-0.05, 0) is 48.5 Å². The molecule has 1 aliphatic heterocycles. The van der Waals surface area contributed by atoms with Crippen molar-refractivity contribution < 1.29 is 35.5 Å². The zero-order valence-corrected chi connectivity index (χ0v) is 15.8. The SMILES string of the molecule is O=C(O)[C@@H]1CN(S(=O)(=O)c2ccc(F)cc2)C[C@H]1S(=O)(=O)c1ccc(F)cc1. The Morgan fingerprint density at radius 1 is 0.857 bits per heavy atom. The minimum atomic E-state index is -4.25. The molecule has 0 radical (unpaired) electrons. The number of benzene rings is 2. The average molecular weight is 431 g/mol. The smallest absolute Gasteiger partial charge is 0.309 e. The van der Waals surface area contributed by atoms with Gasteiger partial charge < -0.3 is 5.11 Å². The maximum absolute atomic E-state index is 13.1. The van der Waals surface area contributed by atoms with Crippen LogP contribution in [0.2, 0.25) is 0 Å². The van der Waals surface area contributed by atoms with Crippen LogP contribution in [0.3, 0.4) is 0 Å². The van der Waals surface area contributed by atoms with Crippen molar-refractivity contribution >= 4 is 25.8 Å². The number of carboxylic acid groups (broad SMARTS) is 1. The molecule has 0 spiro atoms. The van der Waals surface area contributed by atoms with Crippen LogP contribution in [0.15, 0.2) is 58.3 Å². The molecule has 1 saturated heterocycles. The minimum Gasteiger partial charge on any atom is -0.481 e. The van der Waals surface area contributed by atoms with Crippen molar-refractivity contribution in [3.8, 4) is 0 Å². The third-order valence-electron chi connectivity index (χ3n) is 4.54. The highest BCUT2D eigenvalue weighted by Gasteiger charge is 2.49. The van der Waals surface area contributed by atoms with Gasteiger partial charge in [-0.15, -0.1) is 0 Å². The quantitative estimate of drug-likeness (QED) is 0.719. The molecule has 0 unspecified atom stereocenters. The molecule has 1 N–H and O–H groups in total. The Morgan fingerprint density at radius 3 is 1.79 bits per heavy atom. The van der Waals surface area contributed by atoms with Gasteiger partial charge in [-0.1, -0.05) is 0 Å². The summed E-state index contributed by atoms with van der Waals surface area (Å²) in [7, 11) is -8.47. The Morgan fingerprint density at radius 2 is 1.32 bits per heavy atom. The predicted octanol–water partition coefficient (Wildman–Crippen LogP) is 1.51. The zero-order chi connectivity index (χ0) is 20.7. The Bertz CT molecular complexity index is 1100. The van der Waals surface area contributed by atoms with E-state index in [0.29, 0.717) is 0 Å². The second kappa shape index (κ2) is 7.22. The molecule has 7 nitrogen and oxygen atoms in total. The fourth-order valence-corrected chi connectivity index (χ4v) is 6.50. The first kappa shape index (κ1) is 20.4. The lowest BCUT2D eigenvalue weighted by Gasteiger charge is -2.17. The maximum atomic E-state index is 13.1. The van der Waals surface area contributed by atoms with Crippen LogP contribution in [0, 0.1) is 17.6 Å². The van der Waals surface area contributed by atoms with E-state index in [1.54, 1.807) is 0 Å². The van der Waals surface area contributed by atoms with Gasteiger partial charge in [0.2, 0.25) is 10.0 Å². The molecule has 11 heteroatoms. The van der Waals surface area contributed by atoms with Crippen LogP contribution < -0.4 is 0 Å². The summed E-state index contributed by atoms with van der Waals surface area (Å²) in [6.45, 7) is -1.14. The van der Waals surface area contributed by atoms with Crippen LogP contribution >= 0.6 is 0 Å². The van der Waals surface area contributed by atoms with E-state index < -0.39 is 61.7 Å². The van der Waals surface area contributed by atoms with Gasteiger partial charge >= 0.3 is 5.97 Å². The summed E-state index contributed by atoms with van der Waals surface area (Å²) in [5.74, 6) is -4.29. The summed E-state index contributed by atoms with van der Waals surface area (Å²) < 4.78 is 78.1. The largest absolute Gasteiger partial charge is 0.481 e. The fraction of sp³-hybridized carbons (Fsp3) is 0.235. The molecule has 0 aromatic heterocycles. The Kier molecular flexibility index (Phi) is 5.26. The third kappa shape index (κ3) is 3.64. The third-order valence-corrected chi connectivity index (χ3v) is 8.59. The zero-order valence-electron chi connectivity index (χ0n) is 14.2. The van der Waals surface area contributed by atoms with Crippen molar-refractivity contribution in [3.05, 3.63) is 60.2 Å². The second-order valence-corrected chi connectivity index (χ2v) is 10.4. The molecule has 1 aliphatic rings. The molecule has 0 amide bonds. The fourth-order valence-electron chi connectivity index (χ4n) is 3.04. The number of sulfone groups is 1. The van der Waals surface area contributed by atoms with E-state index in [4.69, 9.17) is 0 Å². The van der Waals surface area contributed by atoms with Crippen molar-refractivity contribution in [1.29, 1.82) is 0 Å². The van der Waals surface area contributed by atoms with Gasteiger partial charge in [-0.2, -0.15) is 4.31 Å². The lowest BCUT2D eigenvalue weighted by Crippen LogP contribution is -2.34. The van der Waals surface area contributed by atoms with Crippen molar-refractivity contribution in [1.82, 2.24) is 4.31 Å². The predicted molar refractivity (Wildman–Crippen MR) is 93.7 cm³/mol. The van der Waals surface area contributed by atoms with E-state index >= 15 is 0 Å². The van der Waals surface area contributed by atoms with Crippen LogP contribution in [-0.4, -0.2) is 50.6 Å². The minimum absolute atomic E-state index is 0.280. The van der Waals surface area contributed by atoms with Gasteiger partial charge in [0, 0.05) is 13.1 Å². The van der Waals surface area contributed by atoms with E-state index in [9.17, 15) is 35.5 Å². The van der Waals surface area contributed by atoms with Crippen molar-refractivity contribution in [2.45, 2.75) is 15.0 Å². The molecule has 150 valence electrons. The molecule has 3 rings (SSSR count). The number of halogens is 2. The molecule has 0 bridgehead atoms. The highest BCUT2D eigenvalue weighted by atomic mass is 32.2. The first-order valence-corrected chi connectivity index (χ1v) is 11.0. The summed E-state index contributed by atoms with van der Waals surface area (Å²) >= 11 is 0. The molecule has 1 fully saturated rings. The topological polar surface area (TPSA) is 109 Å². The van der Waals surface area contributed by atoms with Crippen LogP contribution in [0.25, 0.3) is 0 Å². The maximum Gasteiger partial charge on any atom is 0.309 e. The first-order valence-electron chi connectivity index (χ1n) is 8.01. The van der Waals surface area contributed by atoms with Gasteiger partial charge in [-0.25, -0.2) is 25.6 Å². The summed E-state index contributed by atoms with van der Waals surface area (Å²) in [4.78, 5) is 11.0. The number of rotatable bonds is 5. The second-order valence-electron chi connectivity index (χ2n) is 6.26. The van der Waals surface area contributed by atoms with E-state index in [-0.39, 0.29) is 9.79 Å². The summed E-state index contributed by atoms with van der Waals surface area (Å²) in [6.07, 6.45) is 0. The molecule has 2 aromatic rings. The summed E-state index contributed by atoms with van der Waals surface area (Å²) in [5.41, 5.74) is 0. The number of sulfonamides is 1. The summed E-state index contributed by atoms with van der Waals surface area (Å²) in [6, 6.07) is 7.75. The van der Waals surface area contributed by atoms with E-state index in [2.05, 4.69) is 0 Å². The number of nitrogens with zero attached hydrogens (tertiary/aromatic N) is 1. The molecular formula is C17H15F2NO6S2. The van der Waals surface area contributed by atoms with Gasteiger partial charge in [0.05, 0.1) is 21.0 Å². The van der Waals surface area contributed by atoms with Crippen LogP contribution in [0.4, 0.5) is 8.78 Å².